The first-order valence-corrected chi connectivity index (χ1v) is 11.8. The van der Waals surface area contributed by atoms with E-state index in [0.717, 1.165) is 5.57 Å². The average Bonchev–Trinajstić information content (AvgIpc) is 3.43. The molecule has 35 heavy (non-hydrogen) atoms. The molecule has 3 heterocycles. The molecule has 1 amide bonds. The molecule has 1 unspecified atom stereocenters. The highest BCUT2D eigenvalue weighted by molar-refractivity contribution is 6.32. The van der Waals surface area contributed by atoms with Crippen LogP contribution in [0.1, 0.15) is 44.6 Å². The zero-order chi connectivity index (χ0) is 25.3. The first kappa shape index (κ1) is 24.5. The summed E-state index contributed by atoms with van der Waals surface area (Å²) in [5.41, 5.74) is 2.49. The van der Waals surface area contributed by atoms with Gasteiger partial charge in [-0.1, -0.05) is 36.2 Å². The van der Waals surface area contributed by atoms with Crippen molar-refractivity contribution in [2.75, 3.05) is 13.7 Å². The fourth-order valence-electron chi connectivity index (χ4n) is 4.10. The molecule has 0 saturated carbocycles. The van der Waals surface area contributed by atoms with Gasteiger partial charge in [0.25, 0.3) is 5.91 Å². The number of Topliss-reactive ketones (excluding diaryl/α,β-unsaturated/α-hetero) is 1. The van der Waals surface area contributed by atoms with Crippen LogP contribution < -0.4 is 10.1 Å². The maximum Gasteiger partial charge on any atom is 0.274 e. The second-order valence-electron chi connectivity index (χ2n) is 8.78. The number of nitrogens with zero attached hydrogens (tertiary/aromatic N) is 5. The fraction of sp³-hybridized carbons (Fsp3) is 0.360. The molecule has 10 heteroatoms. The van der Waals surface area contributed by atoms with Gasteiger partial charge in [0, 0.05) is 18.7 Å². The van der Waals surface area contributed by atoms with Crippen LogP contribution in [0.2, 0.25) is 5.02 Å². The third kappa shape index (κ3) is 4.81. The maximum absolute atomic E-state index is 13.6. The van der Waals surface area contributed by atoms with Crippen molar-refractivity contribution in [3.05, 3.63) is 58.0 Å². The summed E-state index contributed by atoms with van der Waals surface area (Å²) in [7, 11) is 1.46. The SMILES string of the molecule is CC[N+]1=CC2C=C(C)C(NC(=O)c3cc(OC)nn3-c3ncccc3Cl)=C(C(=O)CC(C)C)C2=N1. The standard InChI is InChI=1S/C25H27ClN6O3/c1-6-31-13-16-11-15(4)22(21(23(16)30-31)19(33)10-14(2)3)28-25(34)18-12-20(35-5)29-32(18)24-17(26)8-7-9-27-24/h7-9,11-14,16H,6,10H2,1-5H3/p+1. The zero-order valence-corrected chi connectivity index (χ0v) is 21.1. The minimum Gasteiger partial charge on any atom is -0.480 e. The van der Waals surface area contributed by atoms with Crippen molar-refractivity contribution < 1.29 is 19.0 Å². The molecule has 0 radical (unpaired) electrons. The zero-order valence-electron chi connectivity index (χ0n) is 20.4. The van der Waals surface area contributed by atoms with Gasteiger partial charge in [0.15, 0.2) is 24.4 Å². The van der Waals surface area contributed by atoms with E-state index in [1.165, 1.54) is 17.9 Å². The molecule has 0 fully saturated rings. The highest BCUT2D eigenvalue weighted by atomic mass is 35.5. The van der Waals surface area contributed by atoms with Gasteiger partial charge in [-0.3, -0.25) is 9.59 Å². The molecule has 1 atom stereocenters. The number of fused-ring (bicyclic) bond motifs is 1. The molecule has 1 aliphatic heterocycles. The number of amides is 1. The monoisotopic (exact) mass is 495 g/mol. The van der Waals surface area contributed by atoms with Crippen molar-refractivity contribution >= 4 is 35.2 Å². The van der Waals surface area contributed by atoms with Crippen LogP contribution in [0.5, 0.6) is 5.88 Å². The molecular formula is C25H28ClN6O3+. The first-order valence-electron chi connectivity index (χ1n) is 11.5. The Labute approximate surface area is 208 Å². The van der Waals surface area contributed by atoms with E-state index >= 15 is 0 Å². The second kappa shape index (κ2) is 9.95. The molecule has 0 saturated heterocycles. The molecule has 2 aromatic rings. The number of ether oxygens (including phenoxy) is 1. The van der Waals surface area contributed by atoms with Crippen molar-refractivity contribution in [1.29, 1.82) is 0 Å². The molecule has 0 bridgehead atoms. The Morgan fingerprint density at radius 1 is 1.34 bits per heavy atom. The fourth-order valence-corrected chi connectivity index (χ4v) is 4.30. The van der Waals surface area contributed by atoms with Gasteiger partial charge in [0.05, 0.1) is 23.4 Å². The van der Waals surface area contributed by atoms with E-state index in [4.69, 9.17) is 16.3 Å². The van der Waals surface area contributed by atoms with Crippen LogP contribution >= 0.6 is 11.6 Å². The third-order valence-electron chi connectivity index (χ3n) is 5.72. The molecule has 2 aromatic heterocycles. The smallest absolute Gasteiger partial charge is 0.274 e. The van der Waals surface area contributed by atoms with Crippen LogP contribution in [0.4, 0.5) is 0 Å². The lowest BCUT2D eigenvalue weighted by molar-refractivity contribution is -0.522. The van der Waals surface area contributed by atoms with Gasteiger partial charge in [-0.25, -0.2) is 9.67 Å². The van der Waals surface area contributed by atoms with Crippen LogP contribution in [-0.2, 0) is 4.79 Å². The number of carbonyl (C=O) groups excluding carboxylic acids is 2. The Hall–Kier alpha value is -3.59. The Balaban J connectivity index is 1.79. The van der Waals surface area contributed by atoms with Gasteiger partial charge >= 0.3 is 0 Å². The highest BCUT2D eigenvalue weighted by Gasteiger charge is 2.38. The lowest BCUT2D eigenvalue weighted by Gasteiger charge is -2.22. The summed E-state index contributed by atoms with van der Waals surface area (Å²) >= 11 is 6.32. The molecule has 1 N–H and O–H groups in total. The van der Waals surface area contributed by atoms with E-state index in [0.29, 0.717) is 35.0 Å². The van der Waals surface area contributed by atoms with Gasteiger partial charge in [-0.15, -0.1) is 5.10 Å². The Morgan fingerprint density at radius 2 is 2.11 bits per heavy atom. The number of hydrogen-bond donors (Lipinski definition) is 1. The number of rotatable bonds is 8. The van der Waals surface area contributed by atoms with Crippen molar-refractivity contribution in [3.63, 3.8) is 0 Å². The van der Waals surface area contributed by atoms with E-state index in [-0.39, 0.29) is 35.0 Å². The molecule has 4 rings (SSSR count). The summed E-state index contributed by atoms with van der Waals surface area (Å²) in [6.07, 6.45) is 5.90. The van der Waals surface area contributed by atoms with Crippen LogP contribution in [0, 0.1) is 11.8 Å². The summed E-state index contributed by atoms with van der Waals surface area (Å²) in [6, 6.07) is 4.85. The Morgan fingerprint density at radius 3 is 2.77 bits per heavy atom. The summed E-state index contributed by atoms with van der Waals surface area (Å²) in [4.78, 5) is 31.2. The van der Waals surface area contributed by atoms with E-state index in [2.05, 4.69) is 20.5 Å². The Bertz CT molecular complexity index is 1320. The van der Waals surface area contributed by atoms with Crippen molar-refractivity contribution in [2.45, 2.75) is 34.1 Å². The van der Waals surface area contributed by atoms with E-state index in [9.17, 15) is 9.59 Å². The summed E-state index contributed by atoms with van der Waals surface area (Å²) < 4.78 is 8.40. The lowest BCUT2D eigenvalue weighted by Crippen LogP contribution is -2.34. The van der Waals surface area contributed by atoms with E-state index in [1.807, 2.05) is 44.7 Å². The normalized spacial score (nSPS) is 17.1. The number of aromatic nitrogens is 3. The summed E-state index contributed by atoms with van der Waals surface area (Å²) in [5.74, 6) is 0.0232. The predicted molar refractivity (Wildman–Crippen MR) is 133 cm³/mol. The first-order chi connectivity index (χ1) is 16.7. The van der Waals surface area contributed by atoms with Crippen molar-refractivity contribution in [1.82, 2.24) is 20.1 Å². The van der Waals surface area contributed by atoms with Crippen LogP contribution in [-0.4, -0.2) is 56.7 Å². The number of allylic oxidation sites excluding steroid dienone is 3. The summed E-state index contributed by atoms with van der Waals surface area (Å²) in [6.45, 7) is 8.53. The van der Waals surface area contributed by atoms with Gasteiger partial charge in [-0.2, -0.15) is 0 Å². The quantitative estimate of drug-likeness (QED) is 0.564. The van der Waals surface area contributed by atoms with Crippen molar-refractivity contribution in [3.8, 4) is 11.7 Å². The molecule has 182 valence electrons. The average molecular weight is 496 g/mol. The molecule has 2 aliphatic rings. The van der Waals surface area contributed by atoms with E-state index < -0.39 is 5.91 Å². The van der Waals surface area contributed by atoms with Crippen LogP contribution in [0.3, 0.4) is 0 Å². The third-order valence-corrected chi connectivity index (χ3v) is 6.01. The Kier molecular flexibility index (Phi) is 6.98. The van der Waals surface area contributed by atoms with Crippen LogP contribution in [0.15, 0.2) is 52.4 Å². The molecular weight excluding hydrogens is 468 g/mol. The van der Waals surface area contributed by atoms with Gasteiger partial charge < -0.3 is 10.1 Å². The molecule has 9 nitrogen and oxygen atoms in total. The summed E-state index contributed by atoms with van der Waals surface area (Å²) in [5, 5.41) is 12.2. The van der Waals surface area contributed by atoms with Gasteiger partial charge in [0.2, 0.25) is 5.88 Å². The van der Waals surface area contributed by atoms with Crippen molar-refractivity contribution in [2.24, 2.45) is 16.9 Å². The second-order valence-corrected chi connectivity index (χ2v) is 9.19. The largest absolute Gasteiger partial charge is 0.480 e. The van der Waals surface area contributed by atoms with E-state index in [1.54, 1.807) is 18.3 Å². The van der Waals surface area contributed by atoms with Crippen LogP contribution in [0.25, 0.3) is 5.82 Å². The lowest BCUT2D eigenvalue weighted by atomic mass is 9.83. The highest BCUT2D eigenvalue weighted by Crippen LogP contribution is 2.30. The van der Waals surface area contributed by atoms with Gasteiger partial charge in [0.1, 0.15) is 17.3 Å². The minimum atomic E-state index is -0.478. The number of carbonyl (C=O) groups is 2. The maximum atomic E-state index is 13.6. The number of ketones is 1. The molecule has 0 spiro atoms. The number of nitrogens with one attached hydrogen (secondary N) is 1. The topological polar surface area (TPSA) is 101 Å². The number of hydrogen-bond acceptors (Lipinski definition) is 6. The number of pyridine rings is 1. The minimum absolute atomic E-state index is 0.0586. The number of hydrazone groups is 1. The predicted octanol–water partition coefficient (Wildman–Crippen LogP) is 3.58. The number of methoxy groups -OCH3 is 1. The molecule has 0 aromatic carbocycles. The number of halogens is 1. The molecule has 1 aliphatic carbocycles. The van der Waals surface area contributed by atoms with Gasteiger partial charge in [-0.05, 0) is 42.6 Å².